The molecule has 1 spiro atoms. The molecular weight excluding hydrogens is 260 g/mol. The molecule has 1 atom stereocenters. The Kier molecular flexibility index (Phi) is 2.84. The predicted octanol–water partition coefficient (Wildman–Crippen LogP) is 4.72. The Morgan fingerprint density at radius 2 is 1.95 bits per heavy atom. The summed E-state index contributed by atoms with van der Waals surface area (Å²) in [5.74, 6) is 1.12. The Balaban J connectivity index is 1.89. The van der Waals surface area contributed by atoms with Gasteiger partial charge in [0.1, 0.15) is 5.54 Å². The molecular formula is C18H22N2O. The van der Waals surface area contributed by atoms with Crippen molar-refractivity contribution in [2.24, 2.45) is 0 Å². The van der Waals surface area contributed by atoms with Gasteiger partial charge in [0.05, 0.1) is 12.2 Å². The van der Waals surface area contributed by atoms with Crippen molar-refractivity contribution in [2.45, 2.75) is 57.5 Å². The summed E-state index contributed by atoms with van der Waals surface area (Å²) in [6.45, 7) is 4.49. The van der Waals surface area contributed by atoms with Gasteiger partial charge in [-0.05, 0) is 38.3 Å². The Bertz CT molecular complexity index is 655. The lowest BCUT2D eigenvalue weighted by molar-refractivity contribution is 0.221. The van der Waals surface area contributed by atoms with Crippen LogP contribution in [-0.2, 0) is 5.54 Å². The molecule has 1 saturated carbocycles. The molecule has 110 valence electrons. The minimum Gasteiger partial charge on any atom is -0.358 e. The molecule has 4 rings (SSSR count). The van der Waals surface area contributed by atoms with Gasteiger partial charge in [0.2, 0.25) is 0 Å². The molecule has 1 fully saturated rings. The molecule has 0 bridgehead atoms. The second kappa shape index (κ2) is 4.62. The van der Waals surface area contributed by atoms with Crippen molar-refractivity contribution in [3.8, 4) is 0 Å². The van der Waals surface area contributed by atoms with Gasteiger partial charge in [0.25, 0.3) is 0 Å². The molecule has 2 aliphatic rings. The second-order valence-corrected chi connectivity index (χ2v) is 6.53. The van der Waals surface area contributed by atoms with Crippen LogP contribution in [0.15, 0.2) is 35.0 Å². The first-order chi connectivity index (χ1) is 10.2. The topological polar surface area (TPSA) is 29.3 Å². The average Bonchev–Trinajstić information content (AvgIpc) is 3.06. The van der Waals surface area contributed by atoms with Crippen LogP contribution in [0.25, 0.3) is 0 Å². The summed E-state index contributed by atoms with van der Waals surface area (Å²) in [4.78, 5) is 2.61. The first-order valence-corrected chi connectivity index (χ1v) is 8.04. The van der Waals surface area contributed by atoms with E-state index in [1.807, 2.05) is 6.20 Å². The van der Waals surface area contributed by atoms with E-state index in [0.717, 1.165) is 5.76 Å². The van der Waals surface area contributed by atoms with E-state index in [1.165, 1.54) is 48.9 Å². The van der Waals surface area contributed by atoms with E-state index in [1.54, 1.807) is 0 Å². The summed E-state index contributed by atoms with van der Waals surface area (Å²) >= 11 is 0. The Morgan fingerprint density at radius 1 is 1.19 bits per heavy atom. The molecule has 21 heavy (non-hydrogen) atoms. The normalized spacial score (nSPS) is 23.5. The molecule has 1 aliphatic carbocycles. The minimum absolute atomic E-state index is 0.0234. The van der Waals surface area contributed by atoms with Crippen molar-refractivity contribution in [3.63, 3.8) is 0 Å². The number of hydrogen-bond acceptors (Lipinski definition) is 3. The number of nitrogens with zero attached hydrogens (tertiary/aromatic N) is 2. The van der Waals surface area contributed by atoms with E-state index in [-0.39, 0.29) is 5.54 Å². The quantitative estimate of drug-likeness (QED) is 0.757. The van der Waals surface area contributed by atoms with E-state index in [9.17, 15) is 0 Å². The van der Waals surface area contributed by atoms with E-state index in [4.69, 9.17) is 4.52 Å². The van der Waals surface area contributed by atoms with Gasteiger partial charge in [-0.15, -0.1) is 0 Å². The molecule has 0 unspecified atom stereocenters. The van der Waals surface area contributed by atoms with Crippen LogP contribution in [0.4, 0.5) is 5.69 Å². The van der Waals surface area contributed by atoms with Crippen molar-refractivity contribution in [1.82, 2.24) is 5.16 Å². The molecule has 1 aliphatic heterocycles. The molecule has 1 aromatic heterocycles. The van der Waals surface area contributed by atoms with Crippen LogP contribution in [0.3, 0.4) is 0 Å². The van der Waals surface area contributed by atoms with Gasteiger partial charge < -0.3 is 9.42 Å². The summed E-state index contributed by atoms with van der Waals surface area (Å²) in [6.07, 6.45) is 8.15. The summed E-state index contributed by atoms with van der Waals surface area (Å²) in [5.41, 5.74) is 3.99. The van der Waals surface area contributed by atoms with E-state index in [2.05, 4.69) is 48.2 Å². The maximum absolute atomic E-state index is 5.74. The lowest BCUT2D eigenvalue weighted by atomic mass is 9.79. The number of benzene rings is 1. The SMILES string of the molecule is Cc1ccccc1N1[C@@H](C)c2cnoc2C12CCCCC2. The van der Waals surface area contributed by atoms with Gasteiger partial charge in [-0.2, -0.15) is 0 Å². The highest BCUT2D eigenvalue weighted by Crippen LogP contribution is 2.55. The third-order valence-electron chi connectivity index (χ3n) is 5.37. The standard InChI is InChI=1S/C18H22N2O/c1-13-8-4-5-9-16(13)20-14(2)15-12-19-21-17(15)18(20)10-6-3-7-11-18/h4-5,8-9,12,14H,3,6-7,10-11H2,1-2H3/t14-/m0/s1. The van der Waals surface area contributed by atoms with Gasteiger partial charge >= 0.3 is 0 Å². The third-order valence-corrected chi connectivity index (χ3v) is 5.37. The van der Waals surface area contributed by atoms with E-state index in [0.29, 0.717) is 6.04 Å². The fraction of sp³-hybridized carbons (Fsp3) is 0.500. The number of anilines is 1. The molecule has 0 saturated heterocycles. The molecule has 0 radical (unpaired) electrons. The highest BCUT2D eigenvalue weighted by Gasteiger charge is 2.52. The minimum atomic E-state index is 0.0234. The smallest absolute Gasteiger partial charge is 0.167 e. The zero-order valence-electron chi connectivity index (χ0n) is 12.8. The maximum Gasteiger partial charge on any atom is 0.167 e. The molecule has 3 nitrogen and oxygen atoms in total. The number of para-hydroxylation sites is 1. The van der Waals surface area contributed by atoms with Gasteiger partial charge in [0.15, 0.2) is 5.76 Å². The van der Waals surface area contributed by atoms with Crippen LogP contribution >= 0.6 is 0 Å². The maximum atomic E-state index is 5.74. The predicted molar refractivity (Wildman–Crippen MR) is 83.3 cm³/mol. The van der Waals surface area contributed by atoms with Crippen molar-refractivity contribution in [1.29, 1.82) is 0 Å². The van der Waals surface area contributed by atoms with Gasteiger partial charge in [-0.25, -0.2) is 0 Å². The van der Waals surface area contributed by atoms with Crippen molar-refractivity contribution >= 4 is 5.69 Å². The van der Waals surface area contributed by atoms with Crippen LogP contribution in [0.5, 0.6) is 0 Å². The first kappa shape index (κ1) is 12.9. The number of hydrogen-bond donors (Lipinski definition) is 0. The van der Waals surface area contributed by atoms with E-state index >= 15 is 0 Å². The summed E-state index contributed by atoms with van der Waals surface area (Å²) in [7, 11) is 0. The second-order valence-electron chi connectivity index (χ2n) is 6.53. The molecule has 1 aromatic carbocycles. The Hall–Kier alpha value is -1.77. The number of rotatable bonds is 1. The summed E-state index contributed by atoms with van der Waals surface area (Å²) in [5, 5.41) is 4.09. The lowest BCUT2D eigenvalue weighted by Crippen LogP contribution is -2.44. The fourth-order valence-electron chi connectivity index (χ4n) is 4.40. The van der Waals surface area contributed by atoms with Crippen molar-refractivity contribution in [2.75, 3.05) is 4.90 Å². The van der Waals surface area contributed by atoms with Gasteiger partial charge in [-0.1, -0.05) is 42.6 Å². The highest BCUT2D eigenvalue weighted by atomic mass is 16.5. The Labute approximate surface area is 125 Å². The average molecular weight is 282 g/mol. The first-order valence-electron chi connectivity index (χ1n) is 8.04. The summed E-state index contributed by atoms with van der Waals surface area (Å²) in [6, 6.07) is 9.06. The summed E-state index contributed by atoms with van der Waals surface area (Å²) < 4.78 is 5.74. The highest BCUT2D eigenvalue weighted by molar-refractivity contribution is 5.61. The number of aryl methyl sites for hydroxylation is 1. The lowest BCUT2D eigenvalue weighted by Gasteiger charge is -2.44. The van der Waals surface area contributed by atoms with Crippen LogP contribution in [-0.4, -0.2) is 5.16 Å². The molecule has 0 N–H and O–H groups in total. The van der Waals surface area contributed by atoms with Crippen LogP contribution in [0.1, 0.15) is 62.0 Å². The molecule has 0 amide bonds. The van der Waals surface area contributed by atoms with Gasteiger partial charge in [0, 0.05) is 11.3 Å². The van der Waals surface area contributed by atoms with Crippen molar-refractivity contribution < 1.29 is 4.52 Å². The number of fused-ring (bicyclic) bond motifs is 2. The number of aromatic nitrogens is 1. The molecule has 2 heterocycles. The molecule has 3 heteroatoms. The van der Waals surface area contributed by atoms with Crippen LogP contribution in [0.2, 0.25) is 0 Å². The van der Waals surface area contributed by atoms with Crippen LogP contribution < -0.4 is 4.90 Å². The third kappa shape index (κ3) is 1.69. The fourth-order valence-corrected chi connectivity index (χ4v) is 4.40. The zero-order valence-corrected chi connectivity index (χ0v) is 12.8. The van der Waals surface area contributed by atoms with Crippen molar-refractivity contribution in [3.05, 3.63) is 47.3 Å². The van der Waals surface area contributed by atoms with Gasteiger partial charge in [-0.3, -0.25) is 0 Å². The van der Waals surface area contributed by atoms with Crippen LogP contribution in [0, 0.1) is 6.92 Å². The largest absolute Gasteiger partial charge is 0.358 e. The van der Waals surface area contributed by atoms with E-state index < -0.39 is 0 Å². The Morgan fingerprint density at radius 3 is 2.71 bits per heavy atom. The molecule has 2 aromatic rings. The zero-order chi connectivity index (χ0) is 14.4. The monoisotopic (exact) mass is 282 g/mol.